The Morgan fingerprint density at radius 3 is 1.64 bits per heavy atom. The Kier molecular flexibility index (Phi) is 18.5. The molecule has 2 N–H and O–H groups in total. The molecule has 0 aromatic carbocycles. The van der Waals surface area contributed by atoms with E-state index in [-0.39, 0.29) is 54.3 Å². The van der Waals surface area contributed by atoms with Gasteiger partial charge in [0.15, 0.2) is 0 Å². The van der Waals surface area contributed by atoms with Crippen LogP contribution in [0.5, 0.6) is 0 Å². The lowest BCUT2D eigenvalue weighted by Crippen LogP contribution is -2.33. The zero-order valence-electron chi connectivity index (χ0n) is 28.2. The van der Waals surface area contributed by atoms with Crippen LogP contribution in [0.25, 0.3) is 0 Å². The quantitative estimate of drug-likeness (QED) is 0.0782. The lowest BCUT2D eigenvalue weighted by atomic mass is 9.96. The normalized spacial score (nSPS) is 28.4. The molecule has 3 aliphatic heterocycles. The van der Waals surface area contributed by atoms with E-state index in [0.29, 0.717) is 12.8 Å². The SMILES string of the molecule is CCCCCCCCCC[C@H](O)[C@H]1CC[C@@H]([C@@H]2CC[C@H]([C@H](O)CCCCCCCCCC[C@H]3CC(CC(C)=O)C(=O)O3)O2)O1. The van der Waals surface area contributed by atoms with E-state index in [1.54, 1.807) is 0 Å². The van der Waals surface area contributed by atoms with E-state index in [2.05, 4.69) is 6.92 Å². The molecule has 0 radical (unpaired) electrons. The van der Waals surface area contributed by atoms with Crippen molar-refractivity contribution in [3.05, 3.63) is 0 Å². The van der Waals surface area contributed by atoms with Gasteiger partial charge in [-0.2, -0.15) is 0 Å². The fraction of sp³-hybridized carbons (Fsp3) is 0.946. The number of carbonyl (C=O) groups is 2. The Bertz CT molecular complexity index is 788. The molecule has 3 aliphatic rings. The first kappa shape index (κ1) is 37.4. The standard InChI is InChI=1S/C37H66O7/c1-3-4-5-6-7-11-14-17-20-31(39)33-22-24-35(43-33)36-25-23-34(44-36)32(40)21-18-15-12-9-8-10-13-16-19-30-27-29(26-28(2)38)37(41)42-30/h29-36,39-40H,3-27H2,1-2H3/t29?,30-,31-,32+,33+,34+,35-,36-/m0/s1. The molecule has 3 rings (SSSR count). The first-order chi connectivity index (χ1) is 21.4. The van der Waals surface area contributed by atoms with Gasteiger partial charge in [-0.3, -0.25) is 4.79 Å². The zero-order valence-corrected chi connectivity index (χ0v) is 28.2. The number of hydrogen-bond acceptors (Lipinski definition) is 7. The van der Waals surface area contributed by atoms with Crippen LogP contribution in [0.4, 0.5) is 0 Å². The number of ether oxygens (including phenoxy) is 3. The van der Waals surface area contributed by atoms with Gasteiger partial charge in [0.05, 0.1) is 42.5 Å². The van der Waals surface area contributed by atoms with Gasteiger partial charge in [-0.1, -0.05) is 103 Å². The first-order valence-electron chi connectivity index (χ1n) is 18.7. The van der Waals surface area contributed by atoms with Gasteiger partial charge in [0.2, 0.25) is 0 Å². The number of hydrogen-bond donors (Lipinski definition) is 2. The monoisotopic (exact) mass is 622 g/mol. The minimum Gasteiger partial charge on any atom is -0.462 e. The van der Waals surface area contributed by atoms with E-state index in [9.17, 15) is 19.8 Å². The third-order valence-corrected chi connectivity index (χ3v) is 10.3. The molecule has 256 valence electrons. The molecular weight excluding hydrogens is 556 g/mol. The molecule has 7 nitrogen and oxygen atoms in total. The molecule has 7 heteroatoms. The predicted octanol–water partition coefficient (Wildman–Crippen LogP) is 8.15. The summed E-state index contributed by atoms with van der Waals surface area (Å²) >= 11 is 0. The molecule has 0 saturated carbocycles. The smallest absolute Gasteiger partial charge is 0.309 e. The summed E-state index contributed by atoms with van der Waals surface area (Å²) in [6.07, 6.45) is 26.0. The van der Waals surface area contributed by atoms with Crippen molar-refractivity contribution in [3.8, 4) is 0 Å². The van der Waals surface area contributed by atoms with Crippen molar-refractivity contribution in [3.63, 3.8) is 0 Å². The van der Waals surface area contributed by atoms with E-state index in [4.69, 9.17) is 14.2 Å². The molecule has 0 aromatic heterocycles. The topological polar surface area (TPSA) is 102 Å². The van der Waals surface area contributed by atoms with Crippen LogP contribution in [0.1, 0.15) is 174 Å². The third kappa shape index (κ3) is 14.2. The molecule has 1 unspecified atom stereocenters. The van der Waals surface area contributed by atoms with Crippen LogP contribution in [-0.2, 0) is 23.8 Å². The highest BCUT2D eigenvalue weighted by Gasteiger charge is 2.40. The van der Waals surface area contributed by atoms with Gasteiger partial charge in [-0.25, -0.2) is 0 Å². The summed E-state index contributed by atoms with van der Waals surface area (Å²) < 4.78 is 18.0. The van der Waals surface area contributed by atoms with Crippen LogP contribution in [0.3, 0.4) is 0 Å². The van der Waals surface area contributed by atoms with Crippen molar-refractivity contribution in [1.29, 1.82) is 0 Å². The summed E-state index contributed by atoms with van der Waals surface area (Å²) in [4.78, 5) is 23.1. The van der Waals surface area contributed by atoms with Gasteiger partial charge >= 0.3 is 5.97 Å². The second kappa shape index (κ2) is 21.7. The highest BCUT2D eigenvalue weighted by atomic mass is 16.6. The van der Waals surface area contributed by atoms with E-state index < -0.39 is 6.10 Å². The van der Waals surface area contributed by atoms with Crippen molar-refractivity contribution in [2.75, 3.05) is 0 Å². The molecule has 3 fully saturated rings. The molecule has 0 spiro atoms. The summed E-state index contributed by atoms with van der Waals surface area (Å²) in [6, 6.07) is 0. The zero-order chi connectivity index (χ0) is 31.6. The highest BCUT2D eigenvalue weighted by Crippen LogP contribution is 2.35. The number of carbonyl (C=O) groups excluding carboxylic acids is 2. The lowest BCUT2D eigenvalue weighted by Gasteiger charge is -2.24. The van der Waals surface area contributed by atoms with Crippen LogP contribution in [0.15, 0.2) is 0 Å². The van der Waals surface area contributed by atoms with Gasteiger partial charge in [0, 0.05) is 6.42 Å². The van der Waals surface area contributed by atoms with Crippen LogP contribution >= 0.6 is 0 Å². The van der Waals surface area contributed by atoms with Crippen LogP contribution in [0.2, 0.25) is 0 Å². The van der Waals surface area contributed by atoms with E-state index in [1.165, 1.54) is 77.6 Å². The maximum absolute atomic E-state index is 11.9. The van der Waals surface area contributed by atoms with Gasteiger partial charge in [-0.15, -0.1) is 0 Å². The maximum atomic E-state index is 11.9. The Hall–Kier alpha value is -1.02. The molecule has 0 bridgehead atoms. The molecule has 0 amide bonds. The second-order valence-electron chi connectivity index (χ2n) is 14.3. The Morgan fingerprint density at radius 2 is 1.16 bits per heavy atom. The number of esters is 1. The average Bonchev–Trinajstić information content (AvgIpc) is 3.75. The Labute approximate surface area is 268 Å². The summed E-state index contributed by atoms with van der Waals surface area (Å²) in [5.41, 5.74) is 0. The number of aliphatic hydroxyl groups is 2. The Balaban J connectivity index is 1.13. The van der Waals surface area contributed by atoms with Gasteiger partial charge in [0.25, 0.3) is 0 Å². The van der Waals surface area contributed by atoms with Crippen molar-refractivity contribution >= 4 is 11.8 Å². The van der Waals surface area contributed by atoms with Crippen molar-refractivity contribution in [2.45, 2.75) is 217 Å². The molecule has 3 heterocycles. The minimum absolute atomic E-state index is 0.00211. The summed E-state index contributed by atoms with van der Waals surface area (Å²) in [5.74, 6) is -0.348. The molecular formula is C37H66O7. The average molecular weight is 623 g/mol. The molecule has 44 heavy (non-hydrogen) atoms. The van der Waals surface area contributed by atoms with Crippen LogP contribution in [-0.4, -0.2) is 64.7 Å². The molecule has 0 aliphatic carbocycles. The molecule has 3 saturated heterocycles. The lowest BCUT2D eigenvalue weighted by molar-refractivity contribution is -0.145. The highest BCUT2D eigenvalue weighted by molar-refractivity contribution is 5.83. The van der Waals surface area contributed by atoms with Crippen LogP contribution in [0, 0.1) is 5.92 Å². The number of rotatable bonds is 25. The molecule has 8 atom stereocenters. The van der Waals surface area contributed by atoms with Gasteiger partial charge in [-0.05, 0) is 64.7 Å². The number of unbranched alkanes of at least 4 members (excludes halogenated alkanes) is 14. The minimum atomic E-state index is -0.399. The van der Waals surface area contributed by atoms with Crippen molar-refractivity contribution in [1.82, 2.24) is 0 Å². The van der Waals surface area contributed by atoms with Crippen molar-refractivity contribution in [2.24, 2.45) is 5.92 Å². The van der Waals surface area contributed by atoms with Crippen molar-refractivity contribution < 1.29 is 34.0 Å². The first-order valence-corrected chi connectivity index (χ1v) is 18.7. The van der Waals surface area contributed by atoms with Gasteiger partial charge in [0.1, 0.15) is 11.9 Å². The second-order valence-corrected chi connectivity index (χ2v) is 14.3. The van der Waals surface area contributed by atoms with E-state index in [0.717, 1.165) is 77.0 Å². The largest absolute Gasteiger partial charge is 0.462 e. The fourth-order valence-corrected chi connectivity index (χ4v) is 7.55. The van der Waals surface area contributed by atoms with E-state index >= 15 is 0 Å². The maximum Gasteiger partial charge on any atom is 0.309 e. The summed E-state index contributed by atoms with van der Waals surface area (Å²) in [6.45, 7) is 3.79. The Morgan fingerprint density at radius 1 is 0.705 bits per heavy atom. The third-order valence-electron chi connectivity index (χ3n) is 10.3. The molecule has 0 aromatic rings. The summed E-state index contributed by atoms with van der Waals surface area (Å²) in [5, 5.41) is 21.4. The van der Waals surface area contributed by atoms with Crippen LogP contribution < -0.4 is 0 Å². The van der Waals surface area contributed by atoms with Gasteiger partial charge < -0.3 is 29.2 Å². The number of ketones is 1. The number of aliphatic hydroxyl groups excluding tert-OH is 2. The number of Topliss-reactive ketones (excluding diaryl/α,β-unsaturated/α-hetero) is 1. The van der Waals surface area contributed by atoms with E-state index in [1.807, 2.05) is 0 Å². The predicted molar refractivity (Wildman–Crippen MR) is 174 cm³/mol. The fourth-order valence-electron chi connectivity index (χ4n) is 7.55. The summed E-state index contributed by atoms with van der Waals surface area (Å²) in [7, 11) is 0. The number of cyclic esters (lactones) is 1.